The summed E-state index contributed by atoms with van der Waals surface area (Å²) in [4.78, 5) is 0. The van der Waals surface area contributed by atoms with Crippen LogP contribution in [0.2, 0.25) is 0 Å². The molecule has 0 bridgehead atoms. The van der Waals surface area contributed by atoms with E-state index in [1.54, 1.807) is 0 Å². The quantitative estimate of drug-likeness (QED) is 0.704. The van der Waals surface area contributed by atoms with Gasteiger partial charge in [-0.1, -0.05) is 24.3 Å². The summed E-state index contributed by atoms with van der Waals surface area (Å²) in [5, 5.41) is 7.17. The molecule has 1 heterocycles. The van der Waals surface area contributed by atoms with Crippen molar-refractivity contribution in [2.75, 3.05) is 0 Å². The van der Waals surface area contributed by atoms with Crippen LogP contribution in [0, 0.1) is 13.8 Å². The Labute approximate surface area is 77.6 Å². The SMILES string of the molecule is Cc1cc(-c2ccccc2C)n[nH]1. The first kappa shape index (κ1) is 8.05. The van der Waals surface area contributed by atoms with E-state index < -0.39 is 0 Å². The number of aryl methyl sites for hydroxylation is 2. The number of H-pyrrole nitrogens is 1. The van der Waals surface area contributed by atoms with Crippen LogP contribution in [0.15, 0.2) is 30.3 Å². The second kappa shape index (κ2) is 3.05. The number of aromatic amines is 1. The third-order valence-electron chi connectivity index (χ3n) is 2.13. The van der Waals surface area contributed by atoms with Gasteiger partial charge in [0, 0.05) is 11.3 Å². The Kier molecular flexibility index (Phi) is 1.89. The maximum Gasteiger partial charge on any atom is 0.0926 e. The number of rotatable bonds is 1. The van der Waals surface area contributed by atoms with Crippen molar-refractivity contribution in [3.8, 4) is 11.3 Å². The first-order valence-corrected chi connectivity index (χ1v) is 4.35. The molecule has 1 aromatic carbocycles. The van der Waals surface area contributed by atoms with Gasteiger partial charge in [-0.2, -0.15) is 5.10 Å². The fraction of sp³-hybridized carbons (Fsp3) is 0.182. The number of benzene rings is 1. The minimum atomic E-state index is 1.02. The highest BCUT2D eigenvalue weighted by molar-refractivity contribution is 5.63. The molecule has 0 atom stereocenters. The Morgan fingerprint density at radius 3 is 2.54 bits per heavy atom. The minimum Gasteiger partial charge on any atom is -0.282 e. The molecule has 0 saturated carbocycles. The average Bonchev–Trinajstić information content (AvgIpc) is 2.53. The van der Waals surface area contributed by atoms with E-state index in [0.29, 0.717) is 0 Å². The maximum absolute atomic E-state index is 4.22. The van der Waals surface area contributed by atoms with Crippen molar-refractivity contribution < 1.29 is 0 Å². The molecule has 2 aromatic rings. The molecule has 0 unspecified atom stereocenters. The monoisotopic (exact) mass is 172 g/mol. The molecule has 0 radical (unpaired) electrons. The molecule has 13 heavy (non-hydrogen) atoms. The molecule has 0 spiro atoms. The lowest BCUT2D eigenvalue weighted by atomic mass is 10.1. The van der Waals surface area contributed by atoms with Gasteiger partial charge < -0.3 is 0 Å². The molecule has 2 nitrogen and oxygen atoms in total. The normalized spacial score (nSPS) is 10.3. The summed E-state index contributed by atoms with van der Waals surface area (Å²) >= 11 is 0. The average molecular weight is 172 g/mol. The van der Waals surface area contributed by atoms with Crippen molar-refractivity contribution in [1.29, 1.82) is 0 Å². The first-order valence-electron chi connectivity index (χ1n) is 4.35. The van der Waals surface area contributed by atoms with Crippen molar-refractivity contribution in [3.63, 3.8) is 0 Å². The lowest BCUT2D eigenvalue weighted by Gasteiger charge is -1.99. The second-order valence-electron chi connectivity index (χ2n) is 3.25. The summed E-state index contributed by atoms with van der Waals surface area (Å²) in [5.41, 5.74) is 4.58. The number of nitrogens with one attached hydrogen (secondary N) is 1. The van der Waals surface area contributed by atoms with E-state index in [0.717, 1.165) is 11.4 Å². The zero-order chi connectivity index (χ0) is 9.26. The molecular formula is C11H12N2. The standard InChI is InChI=1S/C11H12N2/c1-8-5-3-4-6-10(8)11-7-9(2)12-13-11/h3-7H,1-2H3,(H,12,13). The lowest BCUT2D eigenvalue weighted by molar-refractivity contribution is 1.05. The fourth-order valence-corrected chi connectivity index (χ4v) is 1.42. The lowest BCUT2D eigenvalue weighted by Crippen LogP contribution is -1.81. The Balaban J connectivity index is 2.52. The van der Waals surface area contributed by atoms with E-state index in [4.69, 9.17) is 0 Å². The summed E-state index contributed by atoms with van der Waals surface area (Å²) < 4.78 is 0. The van der Waals surface area contributed by atoms with Gasteiger partial charge in [-0.15, -0.1) is 0 Å². The molecule has 0 fully saturated rings. The van der Waals surface area contributed by atoms with Crippen LogP contribution in [0.3, 0.4) is 0 Å². The van der Waals surface area contributed by atoms with Crippen molar-refractivity contribution in [2.24, 2.45) is 0 Å². The number of aromatic nitrogens is 2. The number of hydrogen-bond donors (Lipinski definition) is 1. The zero-order valence-electron chi connectivity index (χ0n) is 7.83. The Morgan fingerprint density at radius 2 is 1.92 bits per heavy atom. The van der Waals surface area contributed by atoms with Gasteiger partial charge in [0.15, 0.2) is 0 Å². The van der Waals surface area contributed by atoms with Crippen LogP contribution in [0.5, 0.6) is 0 Å². The van der Waals surface area contributed by atoms with E-state index >= 15 is 0 Å². The van der Waals surface area contributed by atoms with E-state index in [9.17, 15) is 0 Å². The molecule has 0 saturated heterocycles. The molecule has 66 valence electrons. The minimum absolute atomic E-state index is 1.02. The zero-order valence-corrected chi connectivity index (χ0v) is 7.83. The Morgan fingerprint density at radius 1 is 1.15 bits per heavy atom. The third-order valence-corrected chi connectivity index (χ3v) is 2.13. The highest BCUT2D eigenvalue weighted by Gasteiger charge is 2.03. The van der Waals surface area contributed by atoms with Gasteiger partial charge in [0.25, 0.3) is 0 Å². The van der Waals surface area contributed by atoms with Gasteiger partial charge in [-0.25, -0.2) is 0 Å². The van der Waals surface area contributed by atoms with Gasteiger partial charge in [0.1, 0.15) is 0 Å². The largest absolute Gasteiger partial charge is 0.282 e. The van der Waals surface area contributed by atoms with Crippen LogP contribution < -0.4 is 0 Å². The predicted molar refractivity (Wildman–Crippen MR) is 53.5 cm³/mol. The summed E-state index contributed by atoms with van der Waals surface area (Å²) in [6, 6.07) is 10.3. The molecule has 0 aliphatic carbocycles. The molecule has 1 aromatic heterocycles. The van der Waals surface area contributed by atoms with E-state index in [2.05, 4.69) is 35.3 Å². The van der Waals surface area contributed by atoms with Crippen LogP contribution in [0.25, 0.3) is 11.3 Å². The van der Waals surface area contributed by atoms with E-state index in [1.165, 1.54) is 11.1 Å². The van der Waals surface area contributed by atoms with E-state index in [-0.39, 0.29) is 0 Å². The van der Waals surface area contributed by atoms with Crippen LogP contribution in [-0.2, 0) is 0 Å². The van der Waals surface area contributed by atoms with Crippen LogP contribution in [0.1, 0.15) is 11.3 Å². The van der Waals surface area contributed by atoms with Crippen LogP contribution >= 0.6 is 0 Å². The number of hydrogen-bond acceptors (Lipinski definition) is 1. The van der Waals surface area contributed by atoms with Gasteiger partial charge in [-0.05, 0) is 25.5 Å². The molecule has 2 heteroatoms. The van der Waals surface area contributed by atoms with Crippen LogP contribution in [-0.4, -0.2) is 10.2 Å². The topological polar surface area (TPSA) is 28.7 Å². The van der Waals surface area contributed by atoms with Gasteiger partial charge in [0.05, 0.1) is 5.69 Å². The number of nitrogens with zero attached hydrogens (tertiary/aromatic N) is 1. The van der Waals surface area contributed by atoms with Crippen molar-refractivity contribution in [2.45, 2.75) is 13.8 Å². The summed E-state index contributed by atoms with van der Waals surface area (Å²) in [6.45, 7) is 4.11. The van der Waals surface area contributed by atoms with Gasteiger partial charge in [0.2, 0.25) is 0 Å². The molecule has 1 N–H and O–H groups in total. The molecular weight excluding hydrogens is 160 g/mol. The smallest absolute Gasteiger partial charge is 0.0926 e. The molecule has 2 rings (SSSR count). The van der Waals surface area contributed by atoms with Crippen molar-refractivity contribution >= 4 is 0 Å². The highest BCUT2D eigenvalue weighted by Crippen LogP contribution is 2.20. The first-order chi connectivity index (χ1) is 6.27. The fourth-order valence-electron chi connectivity index (χ4n) is 1.42. The molecule has 0 aliphatic rings. The van der Waals surface area contributed by atoms with Crippen molar-refractivity contribution in [3.05, 3.63) is 41.6 Å². The summed E-state index contributed by atoms with van der Waals surface area (Å²) in [7, 11) is 0. The van der Waals surface area contributed by atoms with Gasteiger partial charge in [-0.3, -0.25) is 5.10 Å². The summed E-state index contributed by atoms with van der Waals surface area (Å²) in [5.74, 6) is 0. The van der Waals surface area contributed by atoms with E-state index in [1.807, 2.05) is 19.1 Å². The van der Waals surface area contributed by atoms with Crippen molar-refractivity contribution in [1.82, 2.24) is 10.2 Å². The maximum atomic E-state index is 4.22. The molecule has 0 aliphatic heterocycles. The Bertz CT molecular complexity index is 416. The van der Waals surface area contributed by atoms with Gasteiger partial charge >= 0.3 is 0 Å². The Hall–Kier alpha value is -1.57. The highest BCUT2D eigenvalue weighted by atomic mass is 15.1. The van der Waals surface area contributed by atoms with Crippen LogP contribution in [0.4, 0.5) is 0 Å². The predicted octanol–water partition coefficient (Wildman–Crippen LogP) is 2.69. The second-order valence-corrected chi connectivity index (χ2v) is 3.25. The summed E-state index contributed by atoms with van der Waals surface area (Å²) in [6.07, 6.45) is 0. The third kappa shape index (κ3) is 1.47. The molecule has 0 amide bonds.